The van der Waals surface area contributed by atoms with Crippen LogP contribution in [0.2, 0.25) is 0 Å². The van der Waals surface area contributed by atoms with E-state index in [9.17, 15) is 29.0 Å². The van der Waals surface area contributed by atoms with Crippen molar-refractivity contribution in [2.45, 2.75) is 6.18 Å². The molecule has 0 bridgehead atoms. The minimum atomic E-state index is -4.76. The maximum absolute atomic E-state index is 14.5. The second-order valence-corrected chi connectivity index (χ2v) is 13.0. The highest BCUT2D eigenvalue weighted by atomic mass is 19.4. The van der Waals surface area contributed by atoms with Gasteiger partial charge in [0.05, 0.1) is 68.2 Å². The number of rotatable bonds is 4. The number of benzene rings is 7. The summed E-state index contributed by atoms with van der Waals surface area (Å²) < 4.78 is 47.7. The quantitative estimate of drug-likeness (QED) is 0.183. The molecule has 7 aromatic carbocycles. The monoisotopic (exact) mass is 703 g/mol. The van der Waals surface area contributed by atoms with Crippen molar-refractivity contribution >= 4 is 43.6 Å². The number of aromatic nitrogens is 2. The summed E-state index contributed by atoms with van der Waals surface area (Å²) in [6.07, 6.45) is -4.76. The lowest BCUT2D eigenvalue weighted by atomic mass is 9.94. The van der Waals surface area contributed by atoms with Crippen LogP contribution in [-0.2, 0) is 6.18 Å². The van der Waals surface area contributed by atoms with E-state index in [1.54, 1.807) is 12.1 Å². The van der Waals surface area contributed by atoms with E-state index in [0.29, 0.717) is 11.3 Å². The van der Waals surface area contributed by atoms with Crippen molar-refractivity contribution in [2.75, 3.05) is 0 Å². The first-order valence-corrected chi connectivity index (χ1v) is 17.0. The number of fused-ring (bicyclic) bond motifs is 6. The molecule has 0 amide bonds. The molecule has 0 aliphatic rings. The predicted octanol–water partition coefficient (Wildman–Crippen LogP) is 11.8. The van der Waals surface area contributed by atoms with Crippen molar-refractivity contribution in [3.05, 3.63) is 168 Å². The smallest absolute Gasteiger partial charge is 0.309 e. The fraction of sp³-hybridized carbons (Fsp3) is 0.0217. The third-order valence-electron chi connectivity index (χ3n) is 10.0. The van der Waals surface area contributed by atoms with Gasteiger partial charge in [-0.25, -0.2) is 0 Å². The number of nitrogens with zero attached hydrogens (tertiary/aromatic N) is 5. The zero-order chi connectivity index (χ0) is 37.1. The van der Waals surface area contributed by atoms with Gasteiger partial charge in [-0.3, -0.25) is 0 Å². The minimum absolute atomic E-state index is 0.116. The molecular formula is C46H24F3N5. The fourth-order valence-corrected chi connectivity index (χ4v) is 7.68. The maximum Gasteiger partial charge on any atom is 0.417 e. The molecule has 0 saturated heterocycles. The van der Waals surface area contributed by atoms with E-state index in [4.69, 9.17) is 0 Å². The SMILES string of the molecule is N#Cc1cc(-c2ccc3c(c2)c2ccccc2n3-c2ccc(C#N)cc2-c2ccc(C#N)cc2C(F)(F)F)cc(-n2c3ccccc3c3ccccc32)c1. The summed E-state index contributed by atoms with van der Waals surface area (Å²) in [5, 5.41) is 33.3. The first-order chi connectivity index (χ1) is 26.3. The summed E-state index contributed by atoms with van der Waals surface area (Å²) >= 11 is 0. The molecule has 0 atom stereocenters. The molecule has 0 spiro atoms. The van der Waals surface area contributed by atoms with Crippen LogP contribution in [-0.4, -0.2) is 9.13 Å². The van der Waals surface area contributed by atoms with E-state index in [0.717, 1.165) is 66.5 Å². The molecule has 9 rings (SSSR count). The second-order valence-electron chi connectivity index (χ2n) is 13.0. The Bertz CT molecular complexity index is 3090. The molecular weight excluding hydrogens is 680 g/mol. The minimum Gasteiger partial charge on any atom is -0.309 e. The maximum atomic E-state index is 14.5. The lowest BCUT2D eigenvalue weighted by Gasteiger charge is -2.18. The highest BCUT2D eigenvalue weighted by molar-refractivity contribution is 6.11. The number of hydrogen-bond acceptors (Lipinski definition) is 3. The van der Waals surface area contributed by atoms with Gasteiger partial charge in [0, 0.05) is 32.8 Å². The van der Waals surface area contributed by atoms with Crippen LogP contribution in [0.25, 0.3) is 77.2 Å². The van der Waals surface area contributed by atoms with Crippen LogP contribution in [0.3, 0.4) is 0 Å². The zero-order valence-electron chi connectivity index (χ0n) is 28.2. The van der Waals surface area contributed by atoms with Crippen molar-refractivity contribution in [3.63, 3.8) is 0 Å². The Labute approximate surface area is 306 Å². The van der Waals surface area contributed by atoms with Gasteiger partial charge in [0.2, 0.25) is 0 Å². The Kier molecular flexibility index (Phi) is 7.34. The predicted molar refractivity (Wildman–Crippen MR) is 205 cm³/mol. The average molecular weight is 704 g/mol. The number of para-hydroxylation sites is 3. The van der Waals surface area contributed by atoms with Gasteiger partial charge >= 0.3 is 6.18 Å². The van der Waals surface area contributed by atoms with Crippen LogP contribution in [0.15, 0.2) is 146 Å². The van der Waals surface area contributed by atoms with Crippen LogP contribution in [0.5, 0.6) is 0 Å². The van der Waals surface area contributed by atoms with E-state index >= 15 is 0 Å². The molecule has 0 saturated carbocycles. The van der Waals surface area contributed by atoms with Crippen LogP contribution < -0.4 is 0 Å². The Morgan fingerprint density at radius 2 is 0.981 bits per heavy atom. The average Bonchev–Trinajstić information content (AvgIpc) is 3.72. The summed E-state index contributed by atoms with van der Waals surface area (Å²) in [5.74, 6) is 0. The molecule has 0 aliphatic carbocycles. The second kappa shape index (κ2) is 12.3. The van der Waals surface area contributed by atoms with Gasteiger partial charge < -0.3 is 9.13 Å². The summed E-state index contributed by atoms with van der Waals surface area (Å²) in [6, 6.07) is 50.2. The molecule has 0 aliphatic heterocycles. The van der Waals surface area contributed by atoms with E-state index < -0.39 is 11.7 Å². The van der Waals surface area contributed by atoms with Gasteiger partial charge in [0.25, 0.3) is 0 Å². The third kappa shape index (κ3) is 5.07. The summed E-state index contributed by atoms with van der Waals surface area (Å²) in [5.41, 5.74) is 6.21. The Morgan fingerprint density at radius 3 is 1.61 bits per heavy atom. The number of alkyl halides is 3. The first kappa shape index (κ1) is 32.3. The van der Waals surface area contributed by atoms with E-state index in [-0.39, 0.29) is 22.3 Å². The number of nitriles is 3. The number of hydrogen-bond donors (Lipinski definition) is 0. The molecule has 8 heteroatoms. The summed E-state index contributed by atoms with van der Waals surface area (Å²) in [4.78, 5) is 0. The topological polar surface area (TPSA) is 81.2 Å². The van der Waals surface area contributed by atoms with Gasteiger partial charge in [-0.2, -0.15) is 29.0 Å². The Hall–Kier alpha value is -7.60. The van der Waals surface area contributed by atoms with E-state index in [2.05, 4.69) is 47.0 Å². The van der Waals surface area contributed by atoms with Gasteiger partial charge in [-0.15, -0.1) is 0 Å². The lowest BCUT2D eigenvalue weighted by molar-refractivity contribution is -0.137. The van der Waals surface area contributed by atoms with E-state index in [1.165, 1.54) is 18.2 Å². The molecule has 0 unspecified atom stereocenters. The van der Waals surface area contributed by atoms with Crippen molar-refractivity contribution in [1.29, 1.82) is 15.8 Å². The van der Waals surface area contributed by atoms with Crippen LogP contribution in [0, 0.1) is 34.0 Å². The van der Waals surface area contributed by atoms with Crippen molar-refractivity contribution in [3.8, 4) is 51.8 Å². The van der Waals surface area contributed by atoms with Crippen molar-refractivity contribution < 1.29 is 13.2 Å². The lowest BCUT2D eigenvalue weighted by Crippen LogP contribution is -2.09. The van der Waals surface area contributed by atoms with Gasteiger partial charge in [-0.1, -0.05) is 66.7 Å². The van der Waals surface area contributed by atoms with Crippen LogP contribution >= 0.6 is 0 Å². The normalized spacial score (nSPS) is 11.6. The zero-order valence-corrected chi connectivity index (χ0v) is 28.2. The highest BCUT2D eigenvalue weighted by Gasteiger charge is 2.35. The van der Waals surface area contributed by atoms with Gasteiger partial charge in [-0.05, 0) is 95.6 Å². The van der Waals surface area contributed by atoms with Crippen LogP contribution in [0.4, 0.5) is 13.2 Å². The summed E-state index contributed by atoms with van der Waals surface area (Å²) in [7, 11) is 0. The molecule has 0 N–H and O–H groups in total. The standard InChI is InChI=1S/C46H24F3N5/c47-46(48,49)40-22-29(26-51)13-16-34(40)38-21-28(25-50)14-17-44(38)54-43-12-6-3-9-37(43)39-24-31(15-18-45(39)54)32-19-30(27-52)20-33(23-32)53-41-10-4-1-7-35(41)36-8-2-5-11-42(36)53/h1-24H. The van der Waals surface area contributed by atoms with Gasteiger partial charge in [0.15, 0.2) is 0 Å². The summed E-state index contributed by atoms with van der Waals surface area (Å²) in [6.45, 7) is 0. The molecule has 2 heterocycles. The highest BCUT2D eigenvalue weighted by Crippen LogP contribution is 2.43. The molecule has 2 aromatic heterocycles. The van der Waals surface area contributed by atoms with Crippen molar-refractivity contribution in [1.82, 2.24) is 9.13 Å². The van der Waals surface area contributed by atoms with Gasteiger partial charge in [0.1, 0.15) is 0 Å². The molecule has 254 valence electrons. The Balaban J connectivity index is 1.28. The molecule has 0 fully saturated rings. The molecule has 54 heavy (non-hydrogen) atoms. The van der Waals surface area contributed by atoms with E-state index in [1.807, 2.05) is 89.5 Å². The van der Waals surface area contributed by atoms with Crippen LogP contribution in [0.1, 0.15) is 22.3 Å². The molecule has 9 aromatic rings. The molecule has 0 radical (unpaired) electrons. The van der Waals surface area contributed by atoms with Crippen molar-refractivity contribution in [2.24, 2.45) is 0 Å². The molecule has 5 nitrogen and oxygen atoms in total. The number of halogens is 3. The first-order valence-electron chi connectivity index (χ1n) is 17.0. The third-order valence-corrected chi connectivity index (χ3v) is 10.0. The Morgan fingerprint density at radius 1 is 0.426 bits per heavy atom. The fourth-order valence-electron chi connectivity index (χ4n) is 7.68. The largest absolute Gasteiger partial charge is 0.417 e.